The molecule has 0 aliphatic heterocycles. The van der Waals surface area contributed by atoms with E-state index in [0.29, 0.717) is 0 Å². The van der Waals surface area contributed by atoms with Crippen molar-refractivity contribution in [1.29, 1.82) is 0 Å². The second-order valence-corrected chi connectivity index (χ2v) is 3.58. The van der Waals surface area contributed by atoms with E-state index in [2.05, 4.69) is 18.2 Å². The largest absolute Gasteiger partial charge is 0.497 e. The molecule has 0 bridgehead atoms. The van der Waals surface area contributed by atoms with Gasteiger partial charge in [-0.05, 0) is 42.6 Å². The van der Waals surface area contributed by atoms with Gasteiger partial charge in [-0.2, -0.15) is 0 Å². The molecule has 0 fully saturated rings. The minimum absolute atomic E-state index is 0.733. The highest BCUT2D eigenvalue weighted by Crippen LogP contribution is 2.29. The molecular formula is C12H15NO. The lowest BCUT2D eigenvalue weighted by Crippen LogP contribution is -2.00. The van der Waals surface area contributed by atoms with Crippen molar-refractivity contribution in [3.63, 3.8) is 0 Å². The monoisotopic (exact) mass is 189 g/mol. The molecule has 2 nitrogen and oxygen atoms in total. The van der Waals surface area contributed by atoms with E-state index in [1.165, 1.54) is 16.7 Å². The van der Waals surface area contributed by atoms with Gasteiger partial charge in [0.2, 0.25) is 0 Å². The fourth-order valence-corrected chi connectivity index (χ4v) is 1.86. The summed E-state index contributed by atoms with van der Waals surface area (Å²) in [4.78, 5) is 0. The van der Waals surface area contributed by atoms with Gasteiger partial charge in [0.25, 0.3) is 0 Å². The predicted molar refractivity (Wildman–Crippen MR) is 58.3 cm³/mol. The topological polar surface area (TPSA) is 35.2 Å². The molecule has 0 saturated heterocycles. The third kappa shape index (κ3) is 1.66. The Hall–Kier alpha value is -1.28. The molecule has 2 rings (SSSR count). The normalized spacial score (nSPS) is 13.7. The van der Waals surface area contributed by atoms with Crippen molar-refractivity contribution in [2.24, 2.45) is 5.73 Å². The second-order valence-electron chi connectivity index (χ2n) is 3.58. The number of hydrogen-bond acceptors (Lipinski definition) is 2. The van der Waals surface area contributed by atoms with Gasteiger partial charge in [-0.25, -0.2) is 0 Å². The van der Waals surface area contributed by atoms with Gasteiger partial charge in [0.1, 0.15) is 5.75 Å². The first-order valence-electron chi connectivity index (χ1n) is 4.90. The maximum Gasteiger partial charge on any atom is 0.119 e. The quantitative estimate of drug-likeness (QED) is 0.789. The van der Waals surface area contributed by atoms with E-state index in [1.54, 1.807) is 7.11 Å². The summed E-state index contributed by atoms with van der Waals surface area (Å²) in [6.07, 6.45) is 4.27. The van der Waals surface area contributed by atoms with Gasteiger partial charge in [0, 0.05) is 0 Å². The maximum atomic E-state index is 5.53. The van der Waals surface area contributed by atoms with Crippen molar-refractivity contribution in [2.45, 2.75) is 12.8 Å². The molecule has 1 aromatic rings. The Labute approximate surface area is 84.4 Å². The van der Waals surface area contributed by atoms with Crippen LogP contribution in [-0.2, 0) is 6.42 Å². The zero-order chi connectivity index (χ0) is 9.97. The minimum atomic E-state index is 0.733. The van der Waals surface area contributed by atoms with Gasteiger partial charge in [0.15, 0.2) is 0 Å². The number of methoxy groups -OCH3 is 1. The molecule has 0 heterocycles. The van der Waals surface area contributed by atoms with Crippen molar-refractivity contribution in [1.82, 2.24) is 0 Å². The van der Waals surface area contributed by atoms with Crippen LogP contribution in [0.25, 0.3) is 6.08 Å². The smallest absolute Gasteiger partial charge is 0.119 e. The van der Waals surface area contributed by atoms with Gasteiger partial charge < -0.3 is 10.5 Å². The predicted octanol–water partition coefficient (Wildman–Crippen LogP) is 1.98. The first-order valence-corrected chi connectivity index (χ1v) is 4.90. The van der Waals surface area contributed by atoms with E-state index in [0.717, 1.165) is 25.1 Å². The summed E-state index contributed by atoms with van der Waals surface area (Å²) in [5, 5.41) is 0. The van der Waals surface area contributed by atoms with Gasteiger partial charge in [-0.1, -0.05) is 17.7 Å². The standard InChI is InChI=1S/C12H15NO/c1-14-12-3-2-10-6-9(4-5-13)7-11(10)8-12/h2-3,6,8H,4-5,7,13H2,1H3. The lowest BCUT2D eigenvalue weighted by Gasteiger charge is -2.03. The minimum Gasteiger partial charge on any atom is -0.497 e. The SMILES string of the molecule is COc1ccc2c(c1)CC(CCN)=C2. The number of hydrogen-bond donors (Lipinski definition) is 1. The van der Waals surface area contributed by atoms with Crippen molar-refractivity contribution < 1.29 is 4.74 Å². The molecule has 0 spiro atoms. The summed E-state index contributed by atoms with van der Waals surface area (Å²) in [7, 11) is 1.70. The zero-order valence-corrected chi connectivity index (χ0v) is 8.42. The molecule has 0 unspecified atom stereocenters. The number of benzene rings is 1. The van der Waals surface area contributed by atoms with Crippen LogP contribution in [0.2, 0.25) is 0 Å². The van der Waals surface area contributed by atoms with Crippen LogP contribution in [-0.4, -0.2) is 13.7 Å². The molecule has 1 aliphatic carbocycles. The molecular weight excluding hydrogens is 174 g/mol. The van der Waals surface area contributed by atoms with Crippen LogP contribution >= 0.6 is 0 Å². The Kier molecular flexibility index (Phi) is 2.55. The fraction of sp³-hybridized carbons (Fsp3) is 0.333. The van der Waals surface area contributed by atoms with Gasteiger partial charge in [0.05, 0.1) is 7.11 Å². The lowest BCUT2D eigenvalue weighted by molar-refractivity contribution is 0.414. The van der Waals surface area contributed by atoms with Gasteiger partial charge in [-0.15, -0.1) is 0 Å². The summed E-state index contributed by atoms with van der Waals surface area (Å²) >= 11 is 0. The molecule has 0 radical (unpaired) electrons. The average Bonchev–Trinajstić information content (AvgIpc) is 2.59. The van der Waals surface area contributed by atoms with E-state index in [4.69, 9.17) is 10.5 Å². The van der Waals surface area contributed by atoms with E-state index in [-0.39, 0.29) is 0 Å². The molecule has 14 heavy (non-hydrogen) atoms. The van der Waals surface area contributed by atoms with E-state index >= 15 is 0 Å². The van der Waals surface area contributed by atoms with Crippen LogP contribution in [0.1, 0.15) is 17.5 Å². The molecule has 0 amide bonds. The molecule has 74 valence electrons. The van der Waals surface area contributed by atoms with E-state index < -0.39 is 0 Å². The third-order valence-corrected chi connectivity index (χ3v) is 2.59. The van der Waals surface area contributed by atoms with Crippen molar-refractivity contribution >= 4 is 6.08 Å². The molecule has 0 atom stereocenters. The third-order valence-electron chi connectivity index (χ3n) is 2.59. The Bertz CT molecular complexity index is 369. The Morgan fingerprint density at radius 3 is 3.00 bits per heavy atom. The molecule has 2 N–H and O–H groups in total. The number of ether oxygens (including phenoxy) is 1. The first-order chi connectivity index (χ1) is 6.83. The summed E-state index contributed by atoms with van der Waals surface area (Å²) in [6.45, 7) is 0.733. The number of fused-ring (bicyclic) bond motifs is 1. The summed E-state index contributed by atoms with van der Waals surface area (Å²) in [5.41, 5.74) is 9.63. The Balaban J connectivity index is 2.22. The molecule has 1 aromatic carbocycles. The van der Waals surface area contributed by atoms with Crippen molar-refractivity contribution in [2.75, 3.05) is 13.7 Å². The van der Waals surface area contributed by atoms with Crippen LogP contribution < -0.4 is 10.5 Å². The number of rotatable bonds is 3. The van der Waals surface area contributed by atoms with Gasteiger partial charge in [-0.3, -0.25) is 0 Å². The van der Waals surface area contributed by atoms with Gasteiger partial charge >= 0.3 is 0 Å². The van der Waals surface area contributed by atoms with Crippen LogP contribution in [0.3, 0.4) is 0 Å². The van der Waals surface area contributed by atoms with Crippen molar-refractivity contribution in [3.8, 4) is 5.75 Å². The van der Waals surface area contributed by atoms with Crippen LogP contribution in [0, 0.1) is 0 Å². The van der Waals surface area contributed by atoms with Crippen molar-refractivity contribution in [3.05, 3.63) is 34.9 Å². The first kappa shape index (κ1) is 9.28. The molecule has 0 aromatic heterocycles. The van der Waals surface area contributed by atoms with Crippen LogP contribution in [0.4, 0.5) is 0 Å². The highest BCUT2D eigenvalue weighted by molar-refractivity contribution is 5.64. The molecule has 2 heteroatoms. The highest BCUT2D eigenvalue weighted by Gasteiger charge is 2.12. The average molecular weight is 189 g/mol. The van der Waals surface area contributed by atoms with Crippen LogP contribution in [0.15, 0.2) is 23.8 Å². The summed E-state index contributed by atoms with van der Waals surface area (Å²) < 4.78 is 5.19. The molecule has 0 saturated carbocycles. The summed E-state index contributed by atoms with van der Waals surface area (Å²) in [6, 6.07) is 6.22. The number of nitrogens with two attached hydrogens (primary N) is 1. The maximum absolute atomic E-state index is 5.53. The van der Waals surface area contributed by atoms with E-state index in [1.807, 2.05) is 6.07 Å². The fourth-order valence-electron chi connectivity index (χ4n) is 1.86. The van der Waals surface area contributed by atoms with E-state index in [9.17, 15) is 0 Å². The Morgan fingerprint density at radius 2 is 2.29 bits per heavy atom. The zero-order valence-electron chi connectivity index (χ0n) is 8.42. The van der Waals surface area contributed by atoms with Crippen LogP contribution in [0.5, 0.6) is 5.75 Å². The molecule has 1 aliphatic rings. The highest BCUT2D eigenvalue weighted by atomic mass is 16.5. The summed E-state index contributed by atoms with van der Waals surface area (Å²) in [5.74, 6) is 0.936. The second kappa shape index (κ2) is 3.84. The lowest BCUT2D eigenvalue weighted by atomic mass is 10.1. The Morgan fingerprint density at radius 1 is 1.43 bits per heavy atom.